The molecule has 0 aliphatic carbocycles. The minimum Gasteiger partial charge on any atom is -0.340 e. The topological polar surface area (TPSA) is 18.5 Å². The second kappa shape index (κ2) is 10.2. The Labute approximate surface area is 112 Å². The molecule has 0 N–H and O–H groups in total. The number of rotatable bonds is 11. The van der Waals surface area contributed by atoms with Crippen LogP contribution in [0.1, 0.15) is 65.2 Å². The van der Waals surface area contributed by atoms with Gasteiger partial charge in [0, 0.05) is 20.1 Å². The Balaban J connectivity index is 3.82. The molecule has 0 amide bonds. The minimum atomic E-state index is -0.932. The van der Waals surface area contributed by atoms with Crippen molar-refractivity contribution in [2.45, 2.75) is 70.5 Å². The second-order valence-electron chi connectivity index (χ2n) is 4.65. The van der Waals surface area contributed by atoms with Gasteiger partial charge in [-0.1, -0.05) is 64.0 Å². The lowest BCUT2D eigenvalue weighted by Crippen LogP contribution is -2.35. The molecule has 1 unspecified atom stereocenters. The molecular weight excluding hydrogens is 236 g/mol. The molecule has 2 nitrogen and oxygen atoms in total. The van der Waals surface area contributed by atoms with Crippen LogP contribution in [0.25, 0.3) is 0 Å². The third kappa shape index (κ3) is 6.64. The van der Waals surface area contributed by atoms with Crippen LogP contribution in [0.4, 0.5) is 0 Å². The van der Waals surface area contributed by atoms with Crippen LogP contribution in [0.5, 0.6) is 0 Å². The highest BCUT2D eigenvalue weighted by molar-refractivity contribution is 6.22. The molecule has 0 aliphatic rings. The molecule has 0 heterocycles. The number of hydrogen-bond acceptors (Lipinski definition) is 2. The first-order chi connectivity index (χ1) is 8.14. The molecule has 0 aromatic carbocycles. The molecule has 0 radical (unpaired) electrons. The Morgan fingerprint density at radius 3 is 1.94 bits per heavy atom. The Kier molecular flexibility index (Phi) is 10.3. The highest BCUT2D eigenvalue weighted by Crippen LogP contribution is 2.33. The van der Waals surface area contributed by atoms with E-state index in [0.717, 1.165) is 12.8 Å². The lowest BCUT2D eigenvalue weighted by atomic mass is 9.97. The maximum Gasteiger partial charge on any atom is 0.250 e. The Bertz CT molecular complexity index is 170. The molecule has 0 aliphatic heterocycles. The number of halogens is 1. The first-order valence-electron chi connectivity index (χ1n) is 6.93. The summed E-state index contributed by atoms with van der Waals surface area (Å²) in [7, 11) is 3.22. The fourth-order valence-electron chi connectivity index (χ4n) is 2.21. The van der Waals surface area contributed by atoms with Gasteiger partial charge in [-0.05, 0) is 12.8 Å². The maximum atomic E-state index is 6.29. The van der Waals surface area contributed by atoms with Gasteiger partial charge in [0.1, 0.15) is 0 Å². The summed E-state index contributed by atoms with van der Waals surface area (Å²) in [6.45, 7) is 4.38. The maximum absolute atomic E-state index is 6.29. The first kappa shape index (κ1) is 17.2. The summed E-state index contributed by atoms with van der Waals surface area (Å²) in [5.74, 6) is 0.269. The van der Waals surface area contributed by atoms with E-state index in [9.17, 15) is 0 Å². The van der Waals surface area contributed by atoms with Crippen molar-refractivity contribution in [2.24, 2.45) is 5.92 Å². The zero-order valence-corrected chi connectivity index (χ0v) is 12.7. The lowest BCUT2D eigenvalue weighted by molar-refractivity contribution is -0.178. The van der Waals surface area contributed by atoms with E-state index in [4.69, 9.17) is 21.1 Å². The quantitative estimate of drug-likeness (QED) is 0.299. The van der Waals surface area contributed by atoms with Gasteiger partial charge in [0.2, 0.25) is 0 Å². The van der Waals surface area contributed by atoms with Crippen LogP contribution in [0.2, 0.25) is 0 Å². The summed E-state index contributed by atoms with van der Waals surface area (Å²) < 4.78 is 10.6. The molecule has 0 saturated heterocycles. The molecule has 104 valence electrons. The van der Waals surface area contributed by atoms with Crippen molar-refractivity contribution in [3.05, 3.63) is 0 Å². The van der Waals surface area contributed by atoms with Gasteiger partial charge in [0.15, 0.2) is 0 Å². The summed E-state index contributed by atoms with van der Waals surface area (Å²) >= 11 is 6.29. The molecule has 17 heavy (non-hydrogen) atoms. The Morgan fingerprint density at radius 1 is 0.941 bits per heavy atom. The van der Waals surface area contributed by atoms with E-state index in [-0.39, 0.29) is 5.92 Å². The molecule has 0 bridgehead atoms. The summed E-state index contributed by atoms with van der Waals surface area (Å²) in [5.41, 5.74) is 0. The van der Waals surface area contributed by atoms with E-state index >= 15 is 0 Å². The second-order valence-corrected chi connectivity index (χ2v) is 5.18. The molecule has 0 aromatic rings. The van der Waals surface area contributed by atoms with Crippen LogP contribution >= 0.6 is 11.6 Å². The SMILES string of the molecule is CCCCCCCCC(CC)C(Cl)(OC)OC. The van der Waals surface area contributed by atoms with Gasteiger partial charge in [-0.2, -0.15) is 0 Å². The summed E-state index contributed by atoms with van der Waals surface area (Å²) in [6, 6.07) is 0. The normalized spacial score (nSPS) is 13.9. The van der Waals surface area contributed by atoms with Gasteiger partial charge in [-0.25, -0.2) is 0 Å². The molecule has 1 atom stereocenters. The van der Waals surface area contributed by atoms with Crippen LogP contribution in [0, 0.1) is 5.92 Å². The van der Waals surface area contributed by atoms with Crippen molar-refractivity contribution in [3.63, 3.8) is 0 Å². The average molecular weight is 265 g/mol. The highest BCUT2D eigenvalue weighted by atomic mass is 35.5. The van der Waals surface area contributed by atoms with E-state index < -0.39 is 5.25 Å². The predicted octanol–water partition coefficient (Wildman–Crippen LogP) is 4.95. The number of alkyl halides is 1. The van der Waals surface area contributed by atoms with Crippen LogP contribution in [0.3, 0.4) is 0 Å². The zero-order chi connectivity index (χ0) is 13.1. The predicted molar refractivity (Wildman–Crippen MR) is 74.4 cm³/mol. The monoisotopic (exact) mass is 264 g/mol. The standard InChI is InChI=1S/C14H29ClO2/c1-5-7-8-9-10-11-12-13(6-2)14(15,16-3)17-4/h13H,5-12H2,1-4H3. The highest BCUT2D eigenvalue weighted by Gasteiger charge is 2.35. The fraction of sp³-hybridized carbons (Fsp3) is 1.00. The molecular formula is C14H29ClO2. The fourth-order valence-corrected chi connectivity index (χ4v) is 2.47. The first-order valence-corrected chi connectivity index (χ1v) is 7.31. The Morgan fingerprint density at radius 2 is 1.47 bits per heavy atom. The van der Waals surface area contributed by atoms with E-state index in [1.807, 2.05) is 0 Å². The minimum absolute atomic E-state index is 0.269. The van der Waals surface area contributed by atoms with Gasteiger partial charge in [-0.15, -0.1) is 0 Å². The van der Waals surface area contributed by atoms with Crippen LogP contribution < -0.4 is 0 Å². The van der Waals surface area contributed by atoms with Crippen molar-refractivity contribution >= 4 is 11.6 Å². The molecule has 0 fully saturated rings. The summed E-state index contributed by atoms with van der Waals surface area (Å²) in [5, 5.41) is -0.932. The van der Waals surface area contributed by atoms with E-state index in [2.05, 4.69) is 13.8 Å². The van der Waals surface area contributed by atoms with Gasteiger partial charge in [-0.3, -0.25) is 0 Å². The van der Waals surface area contributed by atoms with Crippen molar-refractivity contribution in [1.29, 1.82) is 0 Å². The van der Waals surface area contributed by atoms with Gasteiger partial charge >= 0.3 is 0 Å². The third-order valence-electron chi connectivity index (χ3n) is 3.44. The zero-order valence-electron chi connectivity index (χ0n) is 11.9. The van der Waals surface area contributed by atoms with E-state index in [1.165, 1.54) is 38.5 Å². The van der Waals surface area contributed by atoms with Crippen molar-refractivity contribution in [1.82, 2.24) is 0 Å². The number of methoxy groups -OCH3 is 2. The molecule has 3 heteroatoms. The summed E-state index contributed by atoms with van der Waals surface area (Å²) in [4.78, 5) is 0. The van der Waals surface area contributed by atoms with Crippen LogP contribution in [-0.2, 0) is 9.47 Å². The third-order valence-corrected chi connectivity index (χ3v) is 4.06. The van der Waals surface area contributed by atoms with Gasteiger partial charge in [0.05, 0.1) is 0 Å². The summed E-state index contributed by atoms with van der Waals surface area (Å²) in [6.07, 6.45) is 9.91. The number of ether oxygens (including phenoxy) is 2. The van der Waals surface area contributed by atoms with Gasteiger partial charge < -0.3 is 9.47 Å². The molecule has 0 spiro atoms. The smallest absolute Gasteiger partial charge is 0.250 e. The molecule has 0 saturated carbocycles. The Hall–Kier alpha value is 0.210. The van der Waals surface area contributed by atoms with Crippen molar-refractivity contribution in [2.75, 3.05) is 14.2 Å². The number of hydrogen-bond donors (Lipinski definition) is 0. The van der Waals surface area contributed by atoms with Gasteiger partial charge in [0.25, 0.3) is 5.25 Å². The van der Waals surface area contributed by atoms with Crippen LogP contribution in [-0.4, -0.2) is 19.5 Å². The van der Waals surface area contributed by atoms with Crippen LogP contribution in [0.15, 0.2) is 0 Å². The largest absolute Gasteiger partial charge is 0.340 e. The molecule has 0 rings (SSSR count). The lowest BCUT2D eigenvalue weighted by Gasteiger charge is -2.31. The number of unbranched alkanes of at least 4 members (excludes halogenated alkanes) is 5. The van der Waals surface area contributed by atoms with Crippen molar-refractivity contribution < 1.29 is 9.47 Å². The van der Waals surface area contributed by atoms with Crippen molar-refractivity contribution in [3.8, 4) is 0 Å². The molecule has 0 aromatic heterocycles. The van der Waals surface area contributed by atoms with E-state index in [1.54, 1.807) is 14.2 Å². The van der Waals surface area contributed by atoms with E-state index in [0.29, 0.717) is 0 Å². The average Bonchev–Trinajstić information content (AvgIpc) is 2.37.